The largest absolute Gasteiger partial charge is 0.457 e. The second-order valence-corrected chi connectivity index (χ2v) is 6.63. The Labute approximate surface area is 181 Å². The van der Waals surface area contributed by atoms with Crippen molar-refractivity contribution in [3.05, 3.63) is 89.5 Å². The zero-order chi connectivity index (χ0) is 22.3. The summed E-state index contributed by atoms with van der Waals surface area (Å²) in [5.41, 5.74) is 7.25. The fraction of sp³-hybridized carbons (Fsp3) is 0.0952. The second-order valence-electron chi connectivity index (χ2n) is 6.25. The Morgan fingerprint density at radius 2 is 1.71 bits per heavy atom. The van der Waals surface area contributed by atoms with Gasteiger partial charge in [0.2, 0.25) is 0 Å². The average Bonchev–Trinajstić information content (AvgIpc) is 2.75. The van der Waals surface area contributed by atoms with Gasteiger partial charge in [-0.05, 0) is 48.5 Å². The van der Waals surface area contributed by atoms with E-state index in [4.69, 9.17) is 21.9 Å². The van der Waals surface area contributed by atoms with E-state index in [1.165, 1.54) is 12.3 Å². The van der Waals surface area contributed by atoms with Crippen LogP contribution < -0.4 is 15.4 Å². The van der Waals surface area contributed by atoms with E-state index in [1.807, 2.05) is 30.3 Å². The molecule has 31 heavy (non-hydrogen) atoms. The number of aromatic nitrogens is 1. The van der Waals surface area contributed by atoms with Crippen molar-refractivity contribution >= 4 is 23.0 Å². The summed E-state index contributed by atoms with van der Waals surface area (Å²) < 4.78 is 44.2. The number of ether oxygens (including phenoxy) is 1. The molecule has 10 heteroatoms. The van der Waals surface area contributed by atoms with Crippen LogP contribution in [0.3, 0.4) is 0 Å². The number of rotatable bonds is 8. The van der Waals surface area contributed by atoms with Crippen LogP contribution in [0.25, 0.3) is 0 Å². The standard InChI is InChI=1S/C21H17ClF3N5O/c22-20-11-15(10-19(29-20)21(23,24)25)28-13-16(30-26)12-27-14-6-8-18(9-7-14)31-17-4-2-1-3-5-17/h1-12,26-27H,13H2,(H,28,29)/b16-12-,30-26?. The Hall–Kier alpha value is -3.59. The lowest BCUT2D eigenvalue weighted by Gasteiger charge is -2.11. The van der Waals surface area contributed by atoms with Gasteiger partial charge in [0.05, 0.1) is 12.2 Å². The van der Waals surface area contributed by atoms with Gasteiger partial charge in [-0.1, -0.05) is 29.8 Å². The van der Waals surface area contributed by atoms with Gasteiger partial charge in [-0.15, -0.1) is 0 Å². The van der Waals surface area contributed by atoms with Crippen molar-refractivity contribution in [1.29, 1.82) is 5.53 Å². The molecule has 0 unspecified atom stereocenters. The van der Waals surface area contributed by atoms with E-state index in [0.29, 0.717) is 11.4 Å². The van der Waals surface area contributed by atoms with Gasteiger partial charge in [-0.2, -0.15) is 18.3 Å². The highest BCUT2D eigenvalue weighted by Gasteiger charge is 2.33. The molecular weight excluding hydrogens is 431 g/mol. The van der Waals surface area contributed by atoms with Crippen LogP contribution in [0, 0.1) is 5.53 Å². The van der Waals surface area contributed by atoms with Gasteiger partial charge in [-0.3, -0.25) is 0 Å². The number of hydrogen-bond donors (Lipinski definition) is 3. The SMILES string of the molecule is N=N/C(=C\Nc1ccc(Oc2ccccc2)cc1)CNc1cc(Cl)nc(C(F)(F)F)c1. The smallest absolute Gasteiger partial charge is 0.433 e. The fourth-order valence-corrected chi connectivity index (χ4v) is 2.68. The zero-order valence-corrected chi connectivity index (χ0v) is 16.7. The van der Waals surface area contributed by atoms with E-state index >= 15 is 0 Å². The maximum Gasteiger partial charge on any atom is 0.433 e. The van der Waals surface area contributed by atoms with Crippen LogP contribution in [0.4, 0.5) is 24.5 Å². The molecule has 3 aromatic rings. The highest BCUT2D eigenvalue weighted by atomic mass is 35.5. The molecule has 3 N–H and O–H groups in total. The lowest BCUT2D eigenvalue weighted by atomic mass is 10.3. The Bertz CT molecular complexity index is 1060. The second kappa shape index (κ2) is 9.94. The zero-order valence-electron chi connectivity index (χ0n) is 15.9. The van der Waals surface area contributed by atoms with E-state index in [9.17, 15) is 13.2 Å². The number of halogens is 4. The summed E-state index contributed by atoms with van der Waals surface area (Å²) in [5.74, 6) is 1.37. The number of hydrogen-bond acceptors (Lipinski definition) is 6. The maximum atomic E-state index is 12.8. The number of nitrogens with zero attached hydrogens (tertiary/aromatic N) is 2. The summed E-state index contributed by atoms with van der Waals surface area (Å²) >= 11 is 5.66. The molecular formula is C21H17ClF3N5O. The van der Waals surface area contributed by atoms with Crippen LogP contribution in [0.5, 0.6) is 11.5 Å². The van der Waals surface area contributed by atoms with Crippen LogP contribution in [0.1, 0.15) is 5.69 Å². The van der Waals surface area contributed by atoms with E-state index in [0.717, 1.165) is 11.8 Å². The van der Waals surface area contributed by atoms with Crippen molar-refractivity contribution in [2.45, 2.75) is 6.18 Å². The van der Waals surface area contributed by atoms with Gasteiger partial charge in [0.15, 0.2) is 0 Å². The van der Waals surface area contributed by atoms with Crippen molar-refractivity contribution in [2.24, 2.45) is 5.11 Å². The summed E-state index contributed by atoms with van der Waals surface area (Å²) in [4.78, 5) is 3.26. The van der Waals surface area contributed by atoms with E-state index in [2.05, 4.69) is 20.7 Å². The summed E-state index contributed by atoms with van der Waals surface area (Å²) in [6, 6.07) is 18.5. The van der Waals surface area contributed by atoms with Gasteiger partial charge in [0, 0.05) is 17.6 Å². The van der Waals surface area contributed by atoms with Crippen LogP contribution in [-0.4, -0.2) is 11.5 Å². The number of anilines is 2. The minimum absolute atomic E-state index is 0.00331. The first kappa shape index (κ1) is 22.1. The molecule has 0 radical (unpaired) electrons. The molecule has 2 aromatic carbocycles. The van der Waals surface area contributed by atoms with E-state index in [-0.39, 0.29) is 23.1 Å². The Morgan fingerprint density at radius 3 is 2.35 bits per heavy atom. The van der Waals surface area contributed by atoms with Crippen molar-refractivity contribution in [3.63, 3.8) is 0 Å². The minimum Gasteiger partial charge on any atom is -0.457 e. The highest BCUT2D eigenvalue weighted by Crippen LogP contribution is 2.31. The van der Waals surface area contributed by atoms with Crippen molar-refractivity contribution in [1.82, 2.24) is 4.98 Å². The van der Waals surface area contributed by atoms with E-state index in [1.54, 1.807) is 24.3 Å². The number of benzene rings is 2. The number of alkyl halides is 3. The first-order valence-corrected chi connectivity index (χ1v) is 9.36. The quantitative estimate of drug-likeness (QED) is 0.258. The van der Waals surface area contributed by atoms with Crippen LogP contribution in [0.15, 0.2) is 83.7 Å². The van der Waals surface area contributed by atoms with E-state index < -0.39 is 11.9 Å². The Morgan fingerprint density at radius 1 is 1.03 bits per heavy atom. The molecule has 1 heterocycles. The first-order valence-electron chi connectivity index (χ1n) is 8.98. The summed E-state index contributed by atoms with van der Waals surface area (Å²) in [6.07, 6.45) is -3.14. The monoisotopic (exact) mass is 447 g/mol. The lowest BCUT2D eigenvalue weighted by Crippen LogP contribution is -2.10. The van der Waals surface area contributed by atoms with Gasteiger partial charge < -0.3 is 15.4 Å². The first-order chi connectivity index (χ1) is 14.8. The van der Waals surface area contributed by atoms with Gasteiger partial charge in [0.25, 0.3) is 0 Å². The molecule has 3 rings (SSSR count). The van der Waals surface area contributed by atoms with Gasteiger partial charge >= 0.3 is 6.18 Å². The van der Waals surface area contributed by atoms with Crippen LogP contribution in [0.2, 0.25) is 5.15 Å². The van der Waals surface area contributed by atoms with Crippen molar-refractivity contribution in [2.75, 3.05) is 17.2 Å². The van der Waals surface area contributed by atoms with Crippen LogP contribution in [-0.2, 0) is 6.18 Å². The molecule has 0 aliphatic rings. The molecule has 0 aliphatic carbocycles. The normalized spacial score (nSPS) is 11.7. The predicted molar refractivity (Wildman–Crippen MR) is 113 cm³/mol. The minimum atomic E-state index is -4.61. The Balaban J connectivity index is 1.60. The molecule has 1 aromatic heterocycles. The lowest BCUT2D eigenvalue weighted by molar-refractivity contribution is -0.141. The molecule has 160 valence electrons. The molecule has 0 amide bonds. The molecule has 0 spiro atoms. The third-order valence-electron chi connectivity index (χ3n) is 3.94. The summed E-state index contributed by atoms with van der Waals surface area (Å²) in [5, 5.41) is 8.82. The van der Waals surface area contributed by atoms with Crippen molar-refractivity contribution in [3.8, 4) is 11.5 Å². The molecule has 0 saturated heterocycles. The van der Waals surface area contributed by atoms with Crippen molar-refractivity contribution < 1.29 is 17.9 Å². The van der Waals surface area contributed by atoms with Crippen LogP contribution >= 0.6 is 11.6 Å². The number of pyridine rings is 1. The topological polar surface area (TPSA) is 82.4 Å². The molecule has 0 fully saturated rings. The third-order valence-corrected chi connectivity index (χ3v) is 4.13. The Kier molecular flexibility index (Phi) is 7.09. The third kappa shape index (κ3) is 6.71. The fourth-order valence-electron chi connectivity index (χ4n) is 2.47. The summed E-state index contributed by atoms with van der Waals surface area (Å²) in [7, 11) is 0. The van der Waals surface area contributed by atoms with Gasteiger partial charge in [0.1, 0.15) is 22.3 Å². The predicted octanol–water partition coefficient (Wildman–Crippen LogP) is 6.94. The molecule has 0 bridgehead atoms. The maximum absolute atomic E-state index is 12.8. The molecule has 0 atom stereocenters. The average molecular weight is 448 g/mol. The molecule has 0 aliphatic heterocycles. The van der Waals surface area contributed by atoms with Gasteiger partial charge in [-0.25, -0.2) is 10.5 Å². The summed E-state index contributed by atoms with van der Waals surface area (Å²) in [6.45, 7) is 0.00331. The highest BCUT2D eigenvalue weighted by molar-refractivity contribution is 6.29. The molecule has 6 nitrogen and oxygen atoms in total. The number of para-hydroxylation sites is 1. The molecule has 0 saturated carbocycles. The number of nitrogens with one attached hydrogen (secondary N) is 3.